The molecule has 20 heteroatoms. The molecule has 0 aromatic heterocycles. The standard InChI is InChI=1S/C32H56N6O12S2/c1-17(2)47-27(41)13-35-29(43)23(37-25(39)11-9-21(33)31(45)49-19(5)6)15-51-52-16-24(30(44)36-14-28(42)48-18(3)4)38-26(40)12-10-22(34)32(46)50-20(7)8/h17-24H,9-16,33-34H2,1-8H3,(H,35,43)(H,36,44)(H,37,39)(H,38,40)/t21-,22-,23-,24-/m0/s1. The Kier molecular flexibility index (Phi) is 24.4. The molecule has 8 N–H and O–H groups in total. The highest BCUT2D eigenvalue weighted by atomic mass is 33.1. The van der Waals surface area contributed by atoms with E-state index in [9.17, 15) is 38.4 Å². The van der Waals surface area contributed by atoms with E-state index in [1.807, 2.05) is 0 Å². The van der Waals surface area contributed by atoms with E-state index in [2.05, 4.69) is 21.3 Å². The Labute approximate surface area is 312 Å². The van der Waals surface area contributed by atoms with Gasteiger partial charge in [-0.05, 0) is 68.2 Å². The van der Waals surface area contributed by atoms with Crippen LogP contribution in [0.15, 0.2) is 0 Å². The summed E-state index contributed by atoms with van der Waals surface area (Å²) < 4.78 is 20.1. The Bertz CT molecular complexity index is 1110. The van der Waals surface area contributed by atoms with Crippen LogP contribution in [0.4, 0.5) is 0 Å². The fraction of sp³-hybridized carbons (Fsp3) is 0.750. The first kappa shape index (κ1) is 48.4. The number of nitrogens with two attached hydrogens (primary N) is 2. The van der Waals surface area contributed by atoms with Gasteiger partial charge in [-0.25, -0.2) is 0 Å². The summed E-state index contributed by atoms with van der Waals surface area (Å²) >= 11 is 0. The fourth-order valence-electron chi connectivity index (χ4n) is 3.75. The van der Waals surface area contributed by atoms with Crippen LogP contribution in [0.2, 0.25) is 0 Å². The molecule has 0 aromatic carbocycles. The molecule has 0 aliphatic heterocycles. The SMILES string of the molecule is CC(C)OC(=O)CNC(=O)[C@H](CSSC[C@H](NC(=O)CC[C@H](N)C(=O)OC(C)C)C(=O)NCC(=O)OC(C)C)NC(=O)CC[C@H](N)C(=O)OC(C)C. The highest BCUT2D eigenvalue weighted by molar-refractivity contribution is 8.76. The van der Waals surface area contributed by atoms with Crippen molar-refractivity contribution in [3.8, 4) is 0 Å². The highest BCUT2D eigenvalue weighted by Crippen LogP contribution is 2.23. The van der Waals surface area contributed by atoms with Crippen molar-refractivity contribution in [3.63, 3.8) is 0 Å². The number of ether oxygens (including phenoxy) is 4. The Morgan fingerprint density at radius 3 is 1.12 bits per heavy atom. The summed E-state index contributed by atoms with van der Waals surface area (Å²) in [5.41, 5.74) is 11.7. The Hall–Kier alpha value is -3.62. The zero-order valence-corrected chi connectivity index (χ0v) is 32.8. The zero-order valence-electron chi connectivity index (χ0n) is 31.1. The molecular formula is C32H56N6O12S2. The first-order chi connectivity index (χ1) is 24.2. The minimum atomic E-state index is -1.17. The maximum Gasteiger partial charge on any atom is 0.325 e. The number of rotatable bonds is 25. The van der Waals surface area contributed by atoms with E-state index < -0.39 is 109 Å². The molecule has 0 unspecified atom stereocenters. The number of hydrogen-bond acceptors (Lipinski definition) is 16. The Balaban J connectivity index is 5.58. The smallest absolute Gasteiger partial charge is 0.325 e. The number of carbonyl (C=O) groups is 8. The van der Waals surface area contributed by atoms with Crippen LogP contribution in [-0.2, 0) is 57.3 Å². The molecule has 298 valence electrons. The molecule has 0 saturated heterocycles. The first-order valence-electron chi connectivity index (χ1n) is 16.9. The van der Waals surface area contributed by atoms with Crippen LogP contribution in [0.25, 0.3) is 0 Å². The van der Waals surface area contributed by atoms with Crippen LogP contribution >= 0.6 is 21.6 Å². The van der Waals surface area contributed by atoms with E-state index in [1.165, 1.54) is 0 Å². The molecule has 4 amide bonds. The van der Waals surface area contributed by atoms with Crippen molar-refractivity contribution >= 4 is 69.1 Å². The van der Waals surface area contributed by atoms with Crippen molar-refractivity contribution < 1.29 is 57.3 Å². The third-order valence-corrected chi connectivity index (χ3v) is 8.50. The van der Waals surface area contributed by atoms with Gasteiger partial charge in [0.2, 0.25) is 23.6 Å². The maximum absolute atomic E-state index is 13.0. The summed E-state index contributed by atoms with van der Waals surface area (Å²) in [4.78, 5) is 99.6. The van der Waals surface area contributed by atoms with E-state index in [4.69, 9.17) is 30.4 Å². The minimum absolute atomic E-state index is 0.0562. The van der Waals surface area contributed by atoms with Gasteiger partial charge in [0.25, 0.3) is 0 Å². The quantitative estimate of drug-likeness (QED) is 0.0297. The summed E-state index contributed by atoms with van der Waals surface area (Å²) in [6.45, 7) is 12.3. The van der Waals surface area contributed by atoms with E-state index in [1.54, 1.807) is 55.4 Å². The largest absolute Gasteiger partial charge is 0.462 e. The molecule has 0 fully saturated rings. The third-order valence-electron chi connectivity index (χ3n) is 6.08. The molecule has 0 spiro atoms. The summed E-state index contributed by atoms with van der Waals surface area (Å²) in [5.74, 6) is -5.45. The van der Waals surface area contributed by atoms with Gasteiger partial charge < -0.3 is 51.7 Å². The van der Waals surface area contributed by atoms with Gasteiger partial charge in [0.15, 0.2) is 0 Å². The van der Waals surface area contributed by atoms with Gasteiger partial charge in [-0.2, -0.15) is 0 Å². The van der Waals surface area contributed by atoms with Crippen LogP contribution in [0.1, 0.15) is 81.1 Å². The van der Waals surface area contributed by atoms with E-state index in [0.29, 0.717) is 0 Å². The maximum atomic E-state index is 13.0. The van der Waals surface area contributed by atoms with Crippen LogP contribution in [0.3, 0.4) is 0 Å². The van der Waals surface area contributed by atoms with Gasteiger partial charge in [0.1, 0.15) is 37.3 Å². The number of carbonyl (C=O) groups excluding carboxylic acids is 8. The van der Waals surface area contributed by atoms with Crippen LogP contribution in [0, 0.1) is 0 Å². The lowest BCUT2D eigenvalue weighted by Gasteiger charge is -2.21. The molecule has 18 nitrogen and oxygen atoms in total. The Morgan fingerprint density at radius 1 is 0.519 bits per heavy atom. The molecule has 0 bridgehead atoms. The van der Waals surface area contributed by atoms with Crippen LogP contribution in [-0.4, -0.2) is 121 Å². The van der Waals surface area contributed by atoms with E-state index in [-0.39, 0.29) is 37.2 Å². The molecule has 4 atom stereocenters. The second-order valence-electron chi connectivity index (χ2n) is 12.6. The predicted molar refractivity (Wildman–Crippen MR) is 194 cm³/mol. The minimum Gasteiger partial charge on any atom is -0.462 e. The summed E-state index contributed by atoms with van der Waals surface area (Å²) in [6.07, 6.45) is -2.15. The number of hydrogen-bond donors (Lipinski definition) is 6. The molecular weight excluding hydrogens is 725 g/mol. The zero-order chi connectivity index (χ0) is 40.0. The van der Waals surface area contributed by atoms with Crippen LogP contribution in [0.5, 0.6) is 0 Å². The molecule has 0 saturated carbocycles. The van der Waals surface area contributed by atoms with Gasteiger partial charge in [0, 0.05) is 24.3 Å². The van der Waals surface area contributed by atoms with Crippen molar-refractivity contribution in [2.75, 3.05) is 24.6 Å². The van der Waals surface area contributed by atoms with Crippen molar-refractivity contribution in [2.24, 2.45) is 11.5 Å². The molecule has 0 heterocycles. The van der Waals surface area contributed by atoms with Crippen LogP contribution < -0.4 is 32.7 Å². The summed E-state index contributed by atoms with van der Waals surface area (Å²) in [7, 11) is 2.14. The Morgan fingerprint density at radius 2 is 0.827 bits per heavy atom. The lowest BCUT2D eigenvalue weighted by molar-refractivity contribution is -0.150. The number of nitrogens with one attached hydrogen (secondary N) is 4. The molecule has 0 rings (SSSR count). The van der Waals surface area contributed by atoms with Crippen molar-refractivity contribution in [1.29, 1.82) is 0 Å². The van der Waals surface area contributed by atoms with Gasteiger partial charge in [0.05, 0.1) is 24.4 Å². The normalized spacial score (nSPS) is 13.4. The number of amides is 4. The predicted octanol–water partition coefficient (Wildman–Crippen LogP) is -0.409. The molecule has 0 radical (unpaired) electrons. The molecule has 0 aromatic rings. The van der Waals surface area contributed by atoms with Gasteiger partial charge in [-0.15, -0.1) is 0 Å². The van der Waals surface area contributed by atoms with E-state index >= 15 is 0 Å². The lowest BCUT2D eigenvalue weighted by Crippen LogP contribution is -2.50. The van der Waals surface area contributed by atoms with Crippen molar-refractivity contribution in [3.05, 3.63) is 0 Å². The number of esters is 4. The summed E-state index contributed by atoms with van der Waals surface area (Å²) in [5, 5.41) is 9.95. The van der Waals surface area contributed by atoms with Gasteiger partial charge >= 0.3 is 23.9 Å². The average molecular weight is 781 g/mol. The van der Waals surface area contributed by atoms with Crippen molar-refractivity contribution in [2.45, 2.75) is 130 Å². The van der Waals surface area contributed by atoms with Crippen molar-refractivity contribution in [1.82, 2.24) is 21.3 Å². The topological polar surface area (TPSA) is 274 Å². The van der Waals surface area contributed by atoms with Gasteiger partial charge in [-0.3, -0.25) is 38.4 Å². The highest BCUT2D eigenvalue weighted by Gasteiger charge is 2.27. The summed E-state index contributed by atoms with van der Waals surface area (Å²) in [6, 6.07) is -4.47. The monoisotopic (exact) mass is 780 g/mol. The van der Waals surface area contributed by atoms with E-state index in [0.717, 1.165) is 21.6 Å². The fourth-order valence-corrected chi connectivity index (χ4v) is 6.08. The molecule has 52 heavy (non-hydrogen) atoms. The molecule has 0 aliphatic carbocycles. The van der Waals surface area contributed by atoms with Gasteiger partial charge in [-0.1, -0.05) is 21.6 Å². The molecule has 0 aliphatic rings. The average Bonchev–Trinajstić information content (AvgIpc) is 3.03. The first-order valence-corrected chi connectivity index (χ1v) is 19.4. The lowest BCUT2D eigenvalue weighted by atomic mass is 10.1. The third kappa shape index (κ3) is 23.8. The second-order valence-corrected chi connectivity index (χ2v) is 15.1. The second kappa shape index (κ2) is 26.2.